The molecule has 1 aromatic heterocycles. The number of nitrogens with one attached hydrogen (secondary N) is 1. The molecule has 90 valence electrons. The van der Waals surface area contributed by atoms with Crippen molar-refractivity contribution in [2.75, 3.05) is 5.32 Å². The molecule has 0 unspecified atom stereocenters. The molecule has 1 rings (SSSR count). The molecule has 0 saturated heterocycles. The molecule has 0 aliphatic carbocycles. The van der Waals surface area contributed by atoms with Gasteiger partial charge in [-0.05, 0) is 19.3 Å². The Labute approximate surface area is 96.0 Å². The second kappa shape index (κ2) is 5.12. The van der Waals surface area contributed by atoms with Crippen LogP contribution in [0.2, 0.25) is 0 Å². The second-order valence-electron chi connectivity index (χ2n) is 4.52. The molecule has 1 heterocycles. The molecular formula is C11H20N4O. The summed E-state index contributed by atoms with van der Waals surface area (Å²) in [6.45, 7) is 5.96. The highest BCUT2D eigenvalue weighted by molar-refractivity contribution is 5.93. The molecule has 5 heteroatoms. The number of carbonyl (C=O) groups excluding carboxylic acids is 1. The molecule has 3 N–H and O–H groups in total. The van der Waals surface area contributed by atoms with E-state index in [-0.39, 0.29) is 5.91 Å². The maximum atomic E-state index is 11.7. The minimum Gasteiger partial charge on any atom is -0.320 e. The van der Waals surface area contributed by atoms with Crippen LogP contribution >= 0.6 is 0 Å². The van der Waals surface area contributed by atoms with Crippen molar-refractivity contribution in [2.24, 2.45) is 18.7 Å². The third-order valence-corrected chi connectivity index (χ3v) is 2.32. The van der Waals surface area contributed by atoms with Gasteiger partial charge in [0.15, 0.2) is 0 Å². The predicted molar refractivity (Wildman–Crippen MR) is 64.0 cm³/mol. The van der Waals surface area contributed by atoms with Crippen LogP contribution < -0.4 is 11.1 Å². The number of anilines is 1. The molecule has 5 nitrogen and oxygen atoms in total. The van der Waals surface area contributed by atoms with Gasteiger partial charge in [-0.25, -0.2) is 0 Å². The number of nitrogens with zero attached hydrogens (tertiary/aromatic N) is 2. The van der Waals surface area contributed by atoms with Crippen molar-refractivity contribution >= 4 is 11.7 Å². The lowest BCUT2D eigenvalue weighted by Gasteiger charge is -2.13. The smallest absolute Gasteiger partial charge is 0.242 e. The first-order chi connectivity index (χ1) is 7.40. The van der Waals surface area contributed by atoms with Gasteiger partial charge in [-0.1, -0.05) is 13.8 Å². The van der Waals surface area contributed by atoms with Crippen LogP contribution in [0.1, 0.15) is 26.0 Å². The van der Waals surface area contributed by atoms with Gasteiger partial charge < -0.3 is 11.1 Å². The molecule has 0 saturated carbocycles. The fourth-order valence-electron chi connectivity index (χ4n) is 1.56. The summed E-state index contributed by atoms with van der Waals surface area (Å²) in [5.74, 6) is 0.937. The summed E-state index contributed by atoms with van der Waals surface area (Å²) >= 11 is 0. The number of rotatable bonds is 4. The van der Waals surface area contributed by atoms with Crippen LogP contribution in [-0.2, 0) is 11.8 Å². The minimum absolute atomic E-state index is 0.156. The highest BCUT2D eigenvalue weighted by Crippen LogP contribution is 2.10. The average molecular weight is 224 g/mol. The first-order valence-electron chi connectivity index (χ1n) is 5.47. The standard InChI is InChI=1S/C11H20N4O/c1-7(2)5-9(12)11(16)13-10-6-8(3)14-15(10)4/h6-7,9H,5,12H2,1-4H3,(H,13,16)/t9-/m0/s1. The first kappa shape index (κ1) is 12.7. The zero-order valence-corrected chi connectivity index (χ0v) is 10.3. The third kappa shape index (κ3) is 3.34. The van der Waals surface area contributed by atoms with Crippen molar-refractivity contribution in [3.05, 3.63) is 11.8 Å². The zero-order chi connectivity index (χ0) is 12.3. The van der Waals surface area contributed by atoms with E-state index in [4.69, 9.17) is 5.73 Å². The molecular weight excluding hydrogens is 204 g/mol. The third-order valence-electron chi connectivity index (χ3n) is 2.32. The quantitative estimate of drug-likeness (QED) is 0.802. The Morgan fingerprint density at radius 3 is 2.69 bits per heavy atom. The molecule has 0 bridgehead atoms. The van der Waals surface area contributed by atoms with E-state index in [1.54, 1.807) is 11.7 Å². The van der Waals surface area contributed by atoms with Crippen LogP contribution in [0.15, 0.2) is 6.07 Å². The van der Waals surface area contributed by atoms with Crippen LogP contribution in [0.3, 0.4) is 0 Å². The van der Waals surface area contributed by atoms with Gasteiger partial charge in [-0.2, -0.15) is 5.10 Å². The number of hydrogen-bond donors (Lipinski definition) is 2. The molecule has 0 fully saturated rings. The van der Waals surface area contributed by atoms with Gasteiger partial charge in [0.05, 0.1) is 11.7 Å². The average Bonchev–Trinajstić information content (AvgIpc) is 2.43. The fraction of sp³-hybridized carbons (Fsp3) is 0.636. The van der Waals surface area contributed by atoms with Gasteiger partial charge in [-0.15, -0.1) is 0 Å². The fourth-order valence-corrected chi connectivity index (χ4v) is 1.56. The van der Waals surface area contributed by atoms with Crippen molar-refractivity contribution in [3.63, 3.8) is 0 Å². The normalized spacial score (nSPS) is 12.9. The number of amides is 1. The van der Waals surface area contributed by atoms with Gasteiger partial charge in [0, 0.05) is 13.1 Å². The highest BCUT2D eigenvalue weighted by atomic mass is 16.2. The van der Waals surface area contributed by atoms with Gasteiger partial charge in [0.2, 0.25) is 5.91 Å². The van der Waals surface area contributed by atoms with Crippen molar-refractivity contribution in [2.45, 2.75) is 33.2 Å². The van der Waals surface area contributed by atoms with Crippen LogP contribution in [-0.4, -0.2) is 21.7 Å². The van der Waals surface area contributed by atoms with Crippen LogP contribution in [0.5, 0.6) is 0 Å². The molecule has 0 aromatic carbocycles. The summed E-state index contributed by atoms with van der Waals surface area (Å²) in [6, 6.07) is 1.36. The van der Waals surface area contributed by atoms with E-state index in [0.29, 0.717) is 18.2 Å². The van der Waals surface area contributed by atoms with Crippen molar-refractivity contribution in [1.29, 1.82) is 0 Å². The summed E-state index contributed by atoms with van der Waals surface area (Å²) in [5, 5.41) is 6.92. The van der Waals surface area contributed by atoms with E-state index in [1.165, 1.54) is 0 Å². The Bertz CT molecular complexity index is 370. The molecule has 1 amide bonds. The number of nitrogens with two attached hydrogens (primary N) is 1. The maximum Gasteiger partial charge on any atom is 0.242 e. The Kier molecular flexibility index (Phi) is 4.06. The van der Waals surface area contributed by atoms with E-state index in [2.05, 4.69) is 10.4 Å². The van der Waals surface area contributed by atoms with Crippen molar-refractivity contribution < 1.29 is 4.79 Å². The topological polar surface area (TPSA) is 72.9 Å². The second-order valence-corrected chi connectivity index (χ2v) is 4.52. The molecule has 0 radical (unpaired) electrons. The largest absolute Gasteiger partial charge is 0.320 e. The predicted octanol–water partition coefficient (Wildman–Crippen LogP) is 1.04. The lowest BCUT2D eigenvalue weighted by Crippen LogP contribution is -2.37. The van der Waals surface area contributed by atoms with E-state index in [0.717, 1.165) is 5.69 Å². The van der Waals surface area contributed by atoms with Gasteiger partial charge >= 0.3 is 0 Å². The Morgan fingerprint density at radius 1 is 1.62 bits per heavy atom. The summed E-state index contributed by atoms with van der Waals surface area (Å²) in [7, 11) is 1.79. The SMILES string of the molecule is Cc1cc(NC(=O)[C@@H](N)CC(C)C)n(C)n1. The van der Waals surface area contributed by atoms with Crippen molar-refractivity contribution in [3.8, 4) is 0 Å². The lowest BCUT2D eigenvalue weighted by molar-refractivity contribution is -0.117. The molecule has 1 aromatic rings. The Balaban J connectivity index is 2.60. The van der Waals surface area contributed by atoms with Crippen LogP contribution in [0.4, 0.5) is 5.82 Å². The Morgan fingerprint density at radius 2 is 2.25 bits per heavy atom. The van der Waals surface area contributed by atoms with Crippen LogP contribution in [0, 0.1) is 12.8 Å². The van der Waals surface area contributed by atoms with E-state index < -0.39 is 6.04 Å². The summed E-state index contributed by atoms with van der Waals surface area (Å²) in [6.07, 6.45) is 0.683. The summed E-state index contributed by atoms with van der Waals surface area (Å²) in [5.41, 5.74) is 6.65. The van der Waals surface area contributed by atoms with E-state index in [9.17, 15) is 4.79 Å². The minimum atomic E-state index is -0.463. The highest BCUT2D eigenvalue weighted by Gasteiger charge is 2.16. The van der Waals surface area contributed by atoms with E-state index in [1.807, 2.05) is 26.8 Å². The number of hydrogen-bond acceptors (Lipinski definition) is 3. The molecule has 0 aliphatic rings. The summed E-state index contributed by atoms with van der Waals surface area (Å²) < 4.78 is 1.63. The zero-order valence-electron chi connectivity index (χ0n) is 10.3. The van der Waals surface area contributed by atoms with Gasteiger partial charge in [0.25, 0.3) is 0 Å². The van der Waals surface area contributed by atoms with Gasteiger partial charge in [0.1, 0.15) is 5.82 Å². The van der Waals surface area contributed by atoms with Crippen LogP contribution in [0.25, 0.3) is 0 Å². The molecule has 0 aliphatic heterocycles. The summed E-state index contributed by atoms with van der Waals surface area (Å²) in [4.78, 5) is 11.7. The van der Waals surface area contributed by atoms with E-state index >= 15 is 0 Å². The maximum absolute atomic E-state index is 11.7. The molecule has 16 heavy (non-hydrogen) atoms. The van der Waals surface area contributed by atoms with Crippen molar-refractivity contribution in [1.82, 2.24) is 9.78 Å². The molecule has 1 atom stereocenters. The number of aryl methyl sites for hydroxylation is 2. The number of aromatic nitrogens is 2. The lowest BCUT2D eigenvalue weighted by atomic mass is 10.0. The monoisotopic (exact) mass is 224 g/mol. The first-order valence-corrected chi connectivity index (χ1v) is 5.47. The Hall–Kier alpha value is -1.36. The van der Waals surface area contributed by atoms with Gasteiger partial charge in [-0.3, -0.25) is 9.48 Å². The number of carbonyl (C=O) groups is 1. The molecule has 0 spiro atoms.